The van der Waals surface area contributed by atoms with Gasteiger partial charge in [0.15, 0.2) is 5.76 Å². The molecule has 1 atom stereocenters. The third-order valence-electron chi connectivity index (χ3n) is 3.80. The molecule has 3 rings (SSSR count). The molecule has 0 spiro atoms. The van der Waals surface area contributed by atoms with Crippen LogP contribution in [-0.2, 0) is 12.8 Å². The minimum absolute atomic E-state index is 0.0121. The van der Waals surface area contributed by atoms with Gasteiger partial charge in [-0.2, -0.15) is 0 Å². The third-order valence-corrected chi connectivity index (χ3v) is 3.80. The second-order valence-electron chi connectivity index (χ2n) is 5.40. The van der Waals surface area contributed by atoms with E-state index >= 15 is 0 Å². The number of ether oxygens (including phenoxy) is 1. The Morgan fingerprint density at radius 1 is 1.35 bits per heavy atom. The van der Waals surface area contributed by atoms with Gasteiger partial charge in [-0.1, -0.05) is 25.1 Å². The summed E-state index contributed by atoms with van der Waals surface area (Å²) in [4.78, 5) is 23.4. The summed E-state index contributed by atoms with van der Waals surface area (Å²) in [5, 5.41) is 11.9. The Morgan fingerprint density at radius 3 is 2.83 bits per heavy atom. The molecule has 0 radical (unpaired) electrons. The molecule has 120 valence electrons. The first-order valence-corrected chi connectivity index (χ1v) is 7.46. The highest BCUT2D eigenvalue weighted by Gasteiger charge is 2.25. The Bertz CT molecular complexity index is 749. The molecule has 2 heterocycles. The molecule has 6 nitrogen and oxygen atoms in total. The van der Waals surface area contributed by atoms with Crippen molar-refractivity contribution in [2.45, 2.75) is 25.8 Å². The van der Waals surface area contributed by atoms with E-state index in [0.717, 1.165) is 11.3 Å². The van der Waals surface area contributed by atoms with Crippen molar-refractivity contribution in [1.82, 2.24) is 5.32 Å². The van der Waals surface area contributed by atoms with E-state index in [1.54, 1.807) is 6.92 Å². The van der Waals surface area contributed by atoms with E-state index < -0.39 is 11.9 Å². The number of carbonyl (C=O) groups is 2. The molecular formula is C17H17NO5. The molecule has 1 aromatic heterocycles. The van der Waals surface area contributed by atoms with Gasteiger partial charge in [-0.15, -0.1) is 0 Å². The van der Waals surface area contributed by atoms with Crippen LogP contribution in [0, 0.1) is 0 Å². The van der Waals surface area contributed by atoms with Crippen LogP contribution in [0.3, 0.4) is 0 Å². The van der Waals surface area contributed by atoms with Crippen LogP contribution in [0.4, 0.5) is 0 Å². The van der Waals surface area contributed by atoms with Crippen LogP contribution >= 0.6 is 0 Å². The molecule has 0 saturated heterocycles. The largest absolute Gasteiger partial charge is 0.491 e. The zero-order chi connectivity index (χ0) is 16.4. The van der Waals surface area contributed by atoms with Crippen molar-refractivity contribution in [2.24, 2.45) is 0 Å². The number of fused-ring (bicyclic) bond motifs is 1. The summed E-state index contributed by atoms with van der Waals surface area (Å²) in [6.45, 7) is 2.15. The topological polar surface area (TPSA) is 88.8 Å². The maximum absolute atomic E-state index is 12.3. The molecule has 0 fully saturated rings. The average molecular weight is 315 g/mol. The zero-order valence-corrected chi connectivity index (χ0v) is 12.7. The number of aryl methyl sites for hydroxylation is 1. The summed E-state index contributed by atoms with van der Waals surface area (Å²) in [7, 11) is 0. The van der Waals surface area contributed by atoms with Crippen LogP contribution in [0.2, 0.25) is 0 Å². The van der Waals surface area contributed by atoms with Gasteiger partial charge in [-0.25, -0.2) is 4.79 Å². The van der Waals surface area contributed by atoms with Crippen molar-refractivity contribution in [2.75, 3.05) is 6.61 Å². The molecule has 6 heteroatoms. The van der Waals surface area contributed by atoms with Crippen molar-refractivity contribution in [3.63, 3.8) is 0 Å². The number of para-hydroxylation sites is 1. The van der Waals surface area contributed by atoms with Gasteiger partial charge in [-0.3, -0.25) is 4.79 Å². The second-order valence-corrected chi connectivity index (χ2v) is 5.40. The van der Waals surface area contributed by atoms with Gasteiger partial charge in [-0.05, 0) is 18.1 Å². The van der Waals surface area contributed by atoms with Gasteiger partial charge in [0.25, 0.3) is 5.91 Å². The molecule has 0 aliphatic carbocycles. The van der Waals surface area contributed by atoms with Crippen LogP contribution in [0.5, 0.6) is 5.75 Å². The standard InChI is InChI=1S/C17H17NO5/c1-2-13-12(17(20)21)8-15(23-13)16(19)18-11-7-10-5-3-4-6-14(10)22-9-11/h3-6,8,11H,2,7,9H2,1H3,(H,18,19)(H,20,21). The normalized spacial score (nSPS) is 16.3. The first-order valence-electron chi connectivity index (χ1n) is 7.46. The predicted molar refractivity (Wildman–Crippen MR) is 81.9 cm³/mol. The third kappa shape index (κ3) is 3.06. The number of furan rings is 1. The molecule has 2 N–H and O–H groups in total. The summed E-state index contributed by atoms with van der Waals surface area (Å²) in [6, 6.07) is 8.77. The number of carboxylic acid groups (broad SMARTS) is 1. The lowest BCUT2D eigenvalue weighted by Crippen LogP contribution is -2.42. The van der Waals surface area contributed by atoms with Gasteiger partial charge < -0.3 is 19.6 Å². The number of benzene rings is 1. The van der Waals surface area contributed by atoms with Crippen molar-refractivity contribution < 1.29 is 23.8 Å². The van der Waals surface area contributed by atoms with Crippen LogP contribution < -0.4 is 10.1 Å². The van der Waals surface area contributed by atoms with Crippen molar-refractivity contribution in [3.05, 3.63) is 53.0 Å². The molecule has 0 bridgehead atoms. The summed E-state index contributed by atoms with van der Waals surface area (Å²) in [5.41, 5.74) is 1.06. The lowest BCUT2D eigenvalue weighted by Gasteiger charge is -2.25. The van der Waals surface area contributed by atoms with Gasteiger partial charge in [0, 0.05) is 12.5 Å². The number of amides is 1. The SMILES string of the molecule is CCc1oc(C(=O)NC2COc3ccccc3C2)cc1C(=O)O. The van der Waals surface area contributed by atoms with Crippen LogP contribution in [0.15, 0.2) is 34.7 Å². The number of hydrogen-bond acceptors (Lipinski definition) is 4. The highest BCUT2D eigenvalue weighted by Crippen LogP contribution is 2.24. The Morgan fingerprint density at radius 2 is 2.13 bits per heavy atom. The molecule has 23 heavy (non-hydrogen) atoms. The second kappa shape index (κ2) is 6.16. The van der Waals surface area contributed by atoms with Crippen molar-refractivity contribution in [1.29, 1.82) is 0 Å². The number of hydrogen-bond donors (Lipinski definition) is 2. The maximum Gasteiger partial charge on any atom is 0.339 e. The van der Waals surface area contributed by atoms with Crippen LogP contribution in [0.1, 0.15) is 39.2 Å². The van der Waals surface area contributed by atoms with Crippen LogP contribution in [0.25, 0.3) is 0 Å². The summed E-state index contributed by atoms with van der Waals surface area (Å²) in [6.07, 6.45) is 1.07. The van der Waals surface area contributed by atoms with E-state index in [-0.39, 0.29) is 17.4 Å². The smallest absolute Gasteiger partial charge is 0.339 e. The summed E-state index contributed by atoms with van der Waals surface area (Å²) in [5.74, 6) is -0.386. The molecule has 1 aromatic carbocycles. The molecule has 1 amide bonds. The number of carboxylic acids is 1. The molecular weight excluding hydrogens is 298 g/mol. The van der Waals surface area contributed by atoms with E-state index in [2.05, 4.69) is 5.32 Å². The lowest BCUT2D eigenvalue weighted by atomic mass is 10.0. The number of rotatable bonds is 4. The minimum Gasteiger partial charge on any atom is -0.491 e. The monoisotopic (exact) mass is 315 g/mol. The first-order chi connectivity index (χ1) is 11.1. The fourth-order valence-electron chi connectivity index (χ4n) is 2.66. The van der Waals surface area contributed by atoms with E-state index in [1.165, 1.54) is 6.07 Å². The Balaban J connectivity index is 1.72. The van der Waals surface area contributed by atoms with E-state index in [9.17, 15) is 9.59 Å². The maximum atomic E-state index is 12.3. The highest BCUT2D eigenvalue weighted by atomic mass is 16.5. The summed E-state index contributed by atoms with van der Waals surface area (Å²) < 4.78 is 11.0. The number of carbonyl (C=O) groups excluding carboxylic acids is 1. The van der Waals surface area contributed by atoms with Gasteiger partial charge >= 0.3 is 5.97 Å². The predicted octanol–water partition coefficient (Wildman–Crippen LogP) is 2.27. The van der Waals surface area contributed by atoms with Gasteiger partial charge in [0.1, 0.15) is 23.7 Å². The first kappa shape index (κ1) is 15.1. The Kier molecular flexibility index (Phi) is 4.06. The Hall–Kier alpha value is -2.76. The highest BCUT2D eigenvalue weighted by molar-refractivity contribution is 5.96. The molecule has 1 aliphatic heterocycles. The van der Waals surface area contributed by atoms with Crippen molar-refractivity contribution >= 4 is 11.9 Å². The lowest BCUT2D eigenvalue weighted by molar-refractivity contribution is 0.0694. The van der Waals surface area contributed by atoms with E-state index in [0.29, 0.717) is 25.2 Å². The number of nitrogens with one attached hydrogen (secondary N) is 1. The average Bonchev–Trinajstić information content (AvgIpc) is 2.99. The van der Waals surface area contributed by atoms with Crippen molar-refractivity contribution in [3.8, 4) is 5.75 Å². The zero-order valence-electron chi connectivity index (χ0n) is 12.7. The van der Waals surface area contributed by atoms with Gasteiger partial charge in [0.05, 0.1) is 6.04 Å². The molecule has 1 aliphatic rings. The van der Waals surface area contributed by atoms with Gasteiger partial charge in [0.2, 0.25) is 0 Å². The minimum atomic E-state index is -1.10. The van der Waals surface area contributed by atoms with Crippen LogP contribution in [-0.4, -0.2) is 29.6 Å². The van der Waals surface area contributed by atoms with E-state index in [1.807, 2.05) is 24.3 Å². The summed E-state index contributed by atoms with van der Waals surface area (Å²) >= 11 is 0. The fourth-order valence-corrected chi connectivity index (χ4v) is 2.66. The quantitative estimate of drug-likeness (QED) is 0.903. The molecule has 2 aromatic rings. The number of aromatic carboxylic acids is 1. The van der Waals surface area contributed by atoms with E-state index in [4.69, 9.17) is 14.3 Å². The fraction of sp³-hybridized carbons (Fsp3) is 0.294. The molecule has 0 saturated carbocycles. The molecule has 1 unspecified atom stereocenters. The Labute approximate surface area is 133 Å².